The maximum absolute atomic E-state index is 12.8. The maximum Gasteiger partial charge on any atom is 0.306 e. The van der Waals surface area contributed by atoms with Gasteiger partial charge < -0.3 is 14.2 Å². The third-order valence-corrected chi connectivity index (χ3v) is 11.0. The summed E-state index contributed by atoms with van der Waals surface area (Å²) in [5.41, 5.74) is 0. The van der Waals surface area contributed by atoms with E-state index < -0.39 is 6.10 Å². The first kappa shape index (κ1) is 61.3. The summed E-state index contributed by atoms with van der Waals surface area (Å²) < 4.78 is 16.7. The Balaban J connectivity index is 4.49. The number of carbonyl (C=O) groups is 3. The first-order valence-corrected chi connectivity index (χ1v) is 26.7. The number of unbranched alkanes of at least 4 members (excludes halogenated alkanes) is 20. The highest BCUT2D eigenvalue weighted by molar-refractivity contribution is 5.71. The van der Waals surface area contributed by atoms with Crippen molar-refractivity contribution in [2.75, 3.05) is 13.2 Å². The fourth-order valence-corrected chi connectivity index (χ4v) is 7.03. The van der Waals surface area contributed by atoms with Crippen LogP contribution < -0.4 is 0 Å². The molecule has 370 valence electrons. The highest BCUT2D eigenvalue weighted by Crippen LogP contribution is 2.13. The molecule has 0 aliphatic carbocycles. The lowest BCUT2D eigenvalue weighted by atomic mass is 10.1. The normalized spacial score (nSPS) is 12.8. The molecule has 6 nitrogen and oxygen atoms in total. The van der Waals surface area contributed by atoms with Crippen molar-refractivity contribution in [2.24, 2.45) is 0 Å². The summed E-state index contributed by atoms with van der Waals surface area (Å²) in [6, 6.07) is 0. The average Bonchev–Trinajstić information content (AvgIpc) is 3.30. The van der Waals surface area contributed by atoms with Crippen LogP contribution in [0.5, 0.6) is 0 Å². The second kappa shape index (κ2) is 52.9. The molecule has 0 spiro atoms. The van der Waals surface area contributed by atoms with Gasteiger partial charge in [-0.1, -0.05) is 201 Å². The van der Waals surface area contributed by atoms with E-state index >= 15 is 0 Å². The Kier molecular flexibility index (Phi) is 50.0. The number of allylic oxidation sites excluding steroid dienone is 16. The first-order chi connectivity index (χ1) is 32.0. The molecule has 6 heteroatoms. The average molecular weight is 903 g/mol. The number of carbonyl (C=O) groups excluding carboxylic acids is 3. The van der Waals surface area contributed by atoms with E-state index in [1.807, 2.05) is 0 Å². The molecule has 0 rings (SSSR count). The first-order valence-electron chi connectivity index (χ1n) is 26.7. The summed E-state index contributed by atoms with van der Waals surface area (Å²) in [6.45, 7) is 6.42. The van der Waals surface area contributed by atoms with E-state index in [9.17, 15) is 14.4 Å². The van der Waals surface area contributed by atoms with Crippen LogP contribution in [0, 0.1) is 0 Å². The van der Waals surface area contributed by atoms with E-state index in [2.05, 4.69) is 118 Å². The lowest BCUT2D eigenvalue weighted by Gasteiger charge is -2.18. The summed E-state index contributed by atoms with van der Waals surface area (Å²) in [5.74, 6) is -0.985. The van der Waals surface area contributed by atoms with Crippen molar-refractivity contribution in [3.63, 3.8) is 0 Å². The van der Waals surface area contributed by atoms with Crippen molar-refractivity contribution in [1.29, 1.82) is 0 Å². The summed E-state index contributed by atoms with van der Waals surface area (Å²) in [5, 5.41) is 0. The lowest BCUT2D eigenvalue weighted by Crippen LogP contribution is -2.30. The number of hydrogen-bond acceptors (Lipinski definition) is 6. The maximum atomic E-state index is 12.8. The van der Waals surface area contributed by atoms with Gasteiger partial charge in [0.2, 0.25) is 0 Å². The molecule has 0 aromatic heterocycles. The van der Waals surface area contributed by atoms with E-state index in [0.717, 1.165) is 103 Å². The van der Waals surface area contributed by atoms with Crippen LogP contribution in [0.25, 0.3) is 0 Å². The van der Waals surface area contributed by atoms with Crippen molar-refractivity contribution >= 4 is 17.9 Å². The van der Waals surface area contributed by atoms with E-state index in [1.54, 1.807) is 0 Å². The van der Waals surface area contributed by atoms with Crippen LogP contribution >= 0.6 is 0 Å². The molecule has 0 aliphatic rings. The molecular formula is C59H98O6. The van der Waals surface area contributed by atoms with Crippen LogP contribution in [0.2, 0.25) is 0 Å². The predicted octanol–water partition coefficient (Wildman–Crippen LogP) is 17.8. The molecule has 0 aromatic carbocycles. The zero-order valence-electron chi connectivity index (χ0n) is 42.2. The summed E-state index contributed by atoms with van der Waals surface area (Å²) in [7, 11) is 0. The summed E-state index contributed by atoms with van der Waals surface area (Å²) in [6.07, 6.45) is 69.7. The van der Waals surface area contributed by atoms with Crippen LogP contribution in [0.1, 0.15) is 239 Å². The molecule has 0 fully saturated rings. The monoisotopic (exact) mass is 903 g/mol. The molecule has 1 atom stereocenters. The van der Waals surface area contributed by atoms with Crippen molar-refractivity contribution < 1.29 is 28.6 Å². The Morgan fingerprint density at radius 2 is 0.615 bits per heavy atom. The van der Waals surface area contributed by atoms with E-state index in [4.69, 9.17) is 14.2 Å². The second-order valence-electron chi connectivity index (χ2n) is 17.4. The molecule has 1 unspecified atom stereocenters. The Morgan fingerprint density at radius 3 is 1.03 bits per heavy atom. The Labute approximate surface area is 400 Å². The fourth-order valence-electron chi connectivity index (χ4n) is 7.03. The highest BCUT2D eigenvalue weighted by atomic mass is 16.6. The van der Waals surface area contributed by atoms with Crippen LogP contribution in [0.3, 0.4) is 0 Å². The van der Waals surface area contributed by atoms with Gasteiger partial charge in [-0.15, -0.1) is 0 Å². The van der Waals surface area contributed by atoms with Gasteiger partial charge in [-0.2, -0.15) is 0 Å². The Bertz CT molecular complexity index is 1310. The highest BCUT2D eigenvalue weighted by Gasteiger charge is 2.19. The molecule has 65 heavy (non-hydrogen) atoms. The number of esters is 3. The minimum absolute atomic E-state index is 0.108. The van der Waals surface area contributed by atoms with Crippen molar-refractivity contribution in [3.05, 3.63) is 97.2 Å². The van der Waals surface area contributed by atoms with Gasteiger partial charge in [-0.05, 0) is 116 Å². The topological polar surface area (TPSA) is 78.9 Å². The van der Waals surface area contributed by atoms with Gasteiger partial charge in [-0.25, -0.2) is 0 Å². The largest absolute Gasteiger partial charge is 0.462 e. The van der Waals surface area contributed by atoms with Gasteiger partial charge >= 0.3 is 17.9 Å². The summed E-state index contributed by atoms with van der Waals surface area (Å²) in [4.78, 5) is 38.0. The van der Waals surface area contributed by atoms with Gasteiger partial charge in [0.1, 0.15) is 13.2 Å². The molecule has 0 aromatic rings. The molecule has 0 saturated carbocycles. The molecular weight excluding hydrogens is 805 g/mol. The lowest BCUT2D eigenvalue weighted by molar-refractivity contribution is -0.167. The standard InChI is InChI=1S/C59H98O6/c1-4-7-10-13-16-19-22-25-27-29-31-32-34-37-40-43-46-49-52-58(61)64-55-56(54-63-57(60)51-48-45-42-39-36-24-21-18-15-12-9-6-3)65-59(62)53-50-47-44-41-38-35-33-30-28-26-23-20-17-14-11-8-5-2/h8,11,17-22,26-29,33,35,41,44,56H,4-7,9-10,12-16,23-25,30-32,34,36-40,42-43,45-55H2,1-3H3/b11-8-,20-17-,21-18-,22-19-,28-26-,29-27-,35-33-,44-41-. The van der Waals surface area contributed by atoms with E-state index in [1.165, 1.54) is 89.9 Å². The zero-order chi connectivity index (χ0) is 47.2. The molecule has 0 bridgehead atoms. The van der Waals surface area contributed by atoms with Crippen LogP contribution in [0.4, 0.5) is 0 Å². The van der Waals surface area contributed by atoms with Crippen molar-refractivity contribution in [1.82, 2.24) is 0 Å². The van der Waals surface area contributed by atoms with Gasteiger partial charge in [0.25, 0.3) is 0 Å². The third kappa shape index (κ3) is 51.2. The molecule has 0 saturated heterocycles. The minimum Gasteiger partial charge on any atom is -0.462 e. The molecule has 0 N–H and O–H groups in total. The van der Waals surface area contributed by atoms with Crippen molar-refractivity contribution in [3.8, 4) is 0 Å². The quantitative estimate of drug-likeness (QED) is 0.0262. The van der Waals surface area contributed by atoms with Gasteiger partial charge in [0, 0.05) is 19.3 Å². The van der Waals surface area contributed by atoms with Crippen molar-refractivity contribution in [2.45, 2.75) is 245 Å². The van der Waals surface area contributed by atoms with Gasteiger partial charge in [0.05, 0.1) is 0 Å². The van der Waals surface area contributed by atoms with Gasteiger partial charge in [0.15, 0.2) is 6.10 Å². The Hall–Kier alpha value is -3.67. The zero-order valence-corrected chi connectivity index (χ0v) is 42.2. The number of hydrogen-bond donors (Lipinski definition) is 0. The smallest absolute Gasteiger partial charge is 0.306 e. The fraction of sp³-hybridized carbons (Fsp3) is 0.678. The molecule has 0 aliphatic heterocycles. The predicted molar refractivity (Wildman–Crippen MR) is 279 cm³/mol. The van der Waals surface area contributed by atoms with Crippen LogP contribution in [-0.4, -0.2) is 37.2 Å². The second-order valence-corrected chi connectivity index (χ2v) is 17.4. The number of rotatable bonds is 47. The Morgan fingerprint density at radius 1 is 0.323 bits per heavy atom. The SMILES string of the molecule is CC/C=C\C/C=C\C/C=C\C/C=C\C/C=C\CCCC(=O)OC(COC(=O)CCCCCCC/C=C\CCCCC)COC(=O)CCCCCCCCC/C=C\C/C=C\CCCCCC. The number of ether oxygens (including phenoxy) is 3. The minimum atomic E-state index is -0.814. The third-order valence-electron chi connectivity index (χ3n) is 11.0. The molecule has 0 radical (unpaired) electrons. The van der Waals surface area contributed by atoms with E-state index in [0.29, 0.717) is 19.3 Å². The van der Waals surface area contributed by atoms with Crippen LogP contribution in [0.15, 0.2) is 97.2 Å². The summed E-state index contributed by atoms with van der Waals surface area (Å²) >= 11 is 0. The van der Waals surface area contributed by atoms with E-state index in [-0.39, 0.29) is 37.5 Å². The van der Waals surface area contributed by atoms with Gasteiger partial charge in [-0.3, -0.25) is 14.4 Å². The molecule has 0 heterocycles. The molecule has 0 amide bonds. The van der Waals surface area contributed by atoms with Crippen LogP contribution in [-0.2, 0) is 28.6 Å².